The maximum Gasteiger partial charge on any atom is 0.431 e. The molecule has 0 spiro atoms. The molecule has 3 aromatic carbocycles. The van der Waals surface area contributed by atoms with Gasteiger partial charge in [-0.25, -0.2) is 8.42 Å². The van der Waals surface area contributed by atoms with Gasteiger partial charge in [0.15, 0.2) is 9.84 Å². The van der Waals surface area contributed by atoms with E-state index in [1.54, 1.807) is 18.2 Å². The SMILES string of the molecule is CS(=O)(=O)c1ccc(-c2cccc(C3CC(C(O)(C(F)(F)F)C(F)(F)F)=NN3c3ccccc3Cl)c2)cc1. The van der Waals surface area contributed by atoms with Crippen LogP contribution in [0.5, 0.6) is 0 Å². The smallest absolute Gasteiger partial charge is 0.369 e. The van der Waals surface area contributed by atoms with Crippen molar-refractivity contribution in [3.8, 4) is 11.1 Å². The van der Waals surface area contributed by atoms with E-state index in [1.165, 1.54) is 54.6 Å². The number of para-hydroxylation sites is 1. The second kappa shape index (κ2) is 9.58. The van der Waals surface area contributed by atoms with E-state index in [2.05, 4.69) is 5.10 Å². The summed E-state index contributed by atoms with van der Waals surface area (Å²) in [7, 11) is -3.45. The highest BCUT2D eigenvalue weighted by Gasteiger charge is 2.74. The zero-order valence-electron chi connectivity index (χ0n) is 19.4. The lowest BCUT2D eigenvalue weighted by Gasteiger charge is -2.32. The van der Waals surface area contributed by atoms with Crippen LogP contribution >= 0.6 is 11.6 Å². The minimum absolute atomic E-state index is 0.0255. The van der Waals surface area contributed by atoms with Crippen molar-refractivity contribution < 1.29 is 39.9 Å². The van der Waals surface area contributed by atoms with E-state index in [0.29, 0.717) is 16.7 Å². The number of hydrogen-bond acceptors (Lipinski definition) is 5. The van der Waals surface area contributed by atoms with E-state index in [-0.39, 0.29) is 15.6 Å². The van der Waals surface area contributed by atoms with Gasteiger partial charge >= 0.3 is 12.4 Å². The number of rotatable bonds is 5. The molecule has 38 heavy (non-hydrogen) atoms. The Hall–Kier alpha value is -3.09. The largest absolute Gasteiger partial charge is 0.431 e. The Morgan fingerprint density at radius 1 is 0.895 bits per heavy atom. The topological polar surface area (TPSA) is 70.0 Å². The second-order valence-electron chi connectivity index (χ2n) is 8.69. The summed E-state index contributed by atoms with van der Waals surface area (Å²) in [6.45, 7) is 0. The predicted octanol–water partition coefficient (Wildman–Crippen LogP) is 6.57. The van der Waals surface area contributed by atoms with Crippen LogP contribution in [0.25, 0.3) is 11.1 Å². The lowest BCUT2D eigenvalue weighted by molar-refractivity contribution is -0.338. The minimum Gasteiger partial charge on any atom is -0.369 e. The van der Waals surface area contributed by atoms with Crippen LogP contribution < -0.4 is 5.01 Å². The van der Waals surface area contributed by atoms with Crippen LogP contribution in [0.15, 0.2) is 82.8 Å². The van der Waals surface area contributed by atoms with Crippen LogP contribution in [-0.2, 0) is 9.84 Å². The first kappa shape index (κ1) is 27.9. The first-order valence-corrected chi connectivity index (χ1v) is 13.2. The van der Waals surface area contributed by atoms with Crippen LogP contribution in [0.2, 0.25) is 5.02 Å². The van der Waals surface area contributed by atoms with Gasteiger partial charge in [-0.2, -0.15) is 31.4 Å². The molecular weight excluding hydrogens is 558 g/mol. The quantitative estimate of drug-likeness (QED) is 0.349. The fraction of sp³-hybridized carbons (Fsp3) is 0.240. The molecule has 0 radical (unpaired) electrons. The molecule has 0 saturated heterocycles. The first-order valence-electron chi connectivity index (χ1n) is 10.9. The third kappa shape index (κ3) is 4.99. The van der Waals surface area contributed by atoms with E-state index in [1.807, 2.05) is 0 Å². The molecule has 0 amide bonds. The summed E-state index contributed by atoms with van der Waals surface area (Å²) in [5.74, 6) is 0. The highest BCUT2D eigenvalue weighted by atomic mass is 35.5. The van der Waals surface area contributed by atoms with Crippen molar-refractivity contribution in [3.05, 3.63) is 83.4 Å². The number of hydrazone groups is 1. The minimum atomic E-state index is -6.09. The first-order chi connectivity index (χ1) is 17.5. The average molecular weight is 577 g/mol. The lowest BCUT2D eigenvalue weighted by atomic mass is 9.89. The molecule has 1 aliphatic rings. The van der Waals surface area contributed by atoms with Gasteiger partial charge in [0, 0.05) is 12.7 Å². The van der Waals surface area contributed by atoms with Crippen molar-refractivity contribution in [1.82, 2.24) is 0 Å². The molecule has 202 valence electrons. The zero-order valence-corrected chi connectivity index (χ0v) is 21.0. The Labute approximate surface area is 218 Å². The molecule has 4 rings (SSSR count). The van der Waals surface area contributed by atoms with Gasteiger partial charge in [-0.1, -0.05) is 54.1 Å². The summed E-state index contributed by atoms with van der Waals surface area (Å²) in [6, 6.07) is 16.7. The predicted molar refractivity (Wildman–Crippen MR) is 131 cm³/mol. The van der Waals surface area contributed by atoms with E-state index in [4.69, 9.17) is 11.6 Å². The van der Waals surface area contributed by atoms with Crippen LogP contribution in [-0.4, -0.2) is 43.4 Å². The molecule has 0 fully saturated rings. The van der Waals surface area contributed by atoms with Gasteiger partial charge in [0.2, 0.25) is 0 Å². The fourth-order valence-electron chi connectivity index (χ4n) is 4.16. The number of benzene rings is 3. The fourth-order valence-corrected chi connectivity index (χ4v) is 5.01. The van der Waals surface area contributed by atoms with E-state index >= 15 is 0 Å². The Morgan fingerprint density at radius 2 is 1.50 bits per heavy atom. The highest BCUT2D eigenvalue weighted by molar-refractivity contribution is 7.90. The molecule has 0 aliphatic carbocycles. The number of aliphatic hydroxyl groups is 1. The third-order valence-corrected chi connectivity index (χ3v) is 7.58. The molecule has 0 bridgehead atoms. The summed E-state index contributed by atoms with van der Waals surface area (Å²) in [5.41, 5.74) is -5.27. The van der Waals surface area contributed by atoms with Crippen LogP contribution in [0.1, 0.15) is 18.0 Å². The Bertz CT molecular complexity index is 1470. The van der Waals surface area contributed by atoms with Crippen molar-refractivity contribution in [1.29, 1.82) is 0 Å². The van der Waals surface area contributed by atoms with E-state index in [0.717, 1.165) is 11.3 Å². The van der Waals surface area contributed by atoms with Crippen LogP contribution in [0, 0.1) is 0 Å². The number of alkyl halides is 6. The third-order valence-electron chi connectivity index (χ3n) is 6.13. The summed E-state index contributed by atoms with van der Waals surface area (Å²) < 4.78 is 105. The summed E-state index contributed by atoms with van der Waals surface area (Å²) in [5, 5.41) is 14.6. The molecule has 0 saturated carbocycles. The summed E-state index contributed by atoms with van der Waals surface area (Å²) in [4.78, 5) is 0.0784. The number of hydrogen-bond donors (Lipinski definition) is 1. The number of nitrogens with zero attached hydrogens (tertiary/aromatic N) is 2. The van der Waals surface area contributed by atoms with Crippen LogP contribution in [0.4, 0.5) is 32.0 Å². The van der Waals surface area contributed by atoms with Gasteiger partial charge in [-0.3, -0.25) is 5.01 Å². The van der Waals surface area contributed by atoms with Gasteiger partial charge in [-0.15, -0.1) is 0 Å². The summed E-state index contributed by atoms with van der Waals surface area (Å²) in [6.07, 6.45) is -12.0. The highest BCUT2D eigenvalue weighted by Crippen LogP contribution is 2.49. The maximum absolute atomic E-state index is 13.7. The molecule has 3 aromatic rings. The Balaban J connectivity index is 1.82. The van der Waals surface area contributed by atoms with E-state index < -0.39 is 46.0 Å². The van der Waals surface area contributed by atoms with Crippen molar-refractivity contribution in [2.45, 2.75) is 35.3 Å². The zero-order chi connectivity index (χ0) is 28.1. The molecule has 5 nitrogen and oxygen atoms in total. The van der Waals surface area contributed by atoms with Gasteiger partial charge in [-0.05, 0) is 47.0 Å². The van der Waals surface area contributed by atoms with Gasteiger partial charge in [0.1, 0.15) is 0 Å². The normalized spacial score (nSPS) is 17.0. The number of sulfone groups is 1. The van der Waals surface area contributed by atoms with E-state index in [9.17, 15) is 39.9 Å². The molecule has 1 unspecified atom stereocenters. The van der Waals surface area contributed by atoms with Crippen molar-refractivity contribution in [2.24, 2.45) is 5.10 Å². The monoisotopic (exact) mass is 576 g/mol. The van der Waals surface area contributed by atoms with Gasteiger partial charge in [0.25, 0.3) is 5.60 Å². The molecule has 1 N–H and O–H groups in total. The van der Waals surface area contributed by atoms with Crippen molar-refractivity contribution in [3.63, 3.8) is 0 Å². The molecule has 1 heterocycles. The molecular formula is C25H19ClF6N2O3S. The molecule has 0 aromatic heterocycles. The summed E-state index contributed by atoms with van der Waals surface area (Å²) >= 11 is 6.21. The standard InChI is InChI=1S/C25H19ClF6N2O3S/c1-38(36,37)18-11-9-15(10-12-18)16-5-4-6-17(13-16)21-14-22(23(35,24(27,28)29)25(30,31)32)33-34(21)20-8-3-2-7-19(20)26/h2-13,21,35H,14H2,1H3. The van der Waals surface area contributed by atoms with Crippen LogP contribution in [0.3, 0.4) is 0 Å². The number of anilines is 1. The molecule has 1 atom stereocenters. The second-order valence-corrected chi connectivity index (χ2v) is 11.1. The van der Waals surface area contributed by atoms with Crippen molar-refractivity contribution >= 4 is 32.8 Å². The average Bonchev–Trinajstić information content (AvgIpc) is 3.27. The maximum atomic E-state index is 13.7. The molecule has 1 aliphatic heterocycles. The van der Waals surface area contributed by atoms with Crippen molar-refractivity contribution in [2.75, 3.05) is 11.3 Å². The van der Waals surface area contributed by atoms with Gasteiger partial charge in [0.05, 0.1) is 27.4 Å². The van der Waals surface area contributed by atoms with Gasteiger partial charge < -0.3 is 5.11 Å². The Kier molecular flexibility index (Phi) is 7.04. The molecule has 13 heteroatoms. The lowest BCUT2D eigenvalue weighted by Crippen LogP contribution is -2.62. The number of halogens is 7. The Morgan fingerprint density at radius 3 is 2.05 bits per heavy atom.